The second kappa shape index (κ2) is 5.65. The van der Waals surface area contributed by atoms with Crippen molar-refractivity contribution in [3.8, 4) is 5.69 Å². The third-order valence-electron chi connectivity index (χ3n) is 2.24. The first-order chi connectivity index (χ1) is 9.56. The number of carboxylic acids is 1. The minimum absolute atomic E-state index is 0.0284. The second-order valence-electron chi connectivity index (χ2n) is 3.68. The number of carboxylic acid groups (broad SMARTS) is 1. The number of benzene rings is 1. The predicted octanol–water partition coefficient (Wildman–Crippen LogP) is -0.906. The summed E-state index contributed by atoms with van der Waals surface area (Å²) in [6, 6.07) is 8.98. The molecule has 0 radical (unpaired) electrons. The molecule has 102 valence electrons. The Balaban J connectivity index is 2.16. The lowest BCUT2D eigenvalue weighted by atomic mass is 10.3. The molecule has 8 nitrogen and oxygen atoms in total. The number of nitrogens with zero attached hydrogens (tertiary/aromatic N) is 3. The third kappa shape index (κ3) is 3.19. The van der Waals surface area contributed by atoms with Crippen molar-refractivity contribution >= 4 is 23.8 Å². The van der Waals surface area contributed by atoms with Crippen molar-refractivity contribution in [2.24, 2.45) is 0 Å². The summed E-state index contributed by atoms with van der Waals surface area (Å²) >= 11 is 0. The molecule has 2 rings (SSSR count). The molecule has 1 amide bonds. The van der Waals surface area contributed by atoms with Crippen molar-refractivity contribution in [2.45, 2.75) is 0 Å². The van der Waals surface area contributed by atoms with E-state index in [1.807, 2.05) is 6.07 Å². The van der Waals surface area contributed by atoms with Gasteiger partial charge >= 0.3 is 0 Å². The number of carbonyl (C=O) groups is 2. The van der Waals surface area contributed by atoms with Crippen molar-refractivity contribution in [3.05, 3.63) is 42.5 Å². The molecule has 3 N–H and O–H groups in total. The summed E-state index contributed by atoms with van der Waals surface area (Å²) in [5.74, 6) is -2.10. The molecule has 2 aromatic rings. The minimum Gasteiger partial charge on any atom is -0.545 e. The molecule has 0 fully saturated rings. The zero-order chi connectivity index (χ0) is 14.5. The molecule has 1 aromatic heterocycles. The van der Waals surface area contributed by atoms with Crippen LogP contribution in [0.4, 0.5) is 11.9 Å². The number of carbonyl (C=O) groups excluding carboxylic acids is 2. The van der Waals surface area contributed by atoms with Gasteiger partial charge in [0.05, 0.1) is 11.7 Å². The summed E-state index contributed by atoms with van der Waals surface area (Å²) in [6.07, 6.45) is 1.40. The van der Waals surface area contributed by atoms with Gasteiger partial charge in [0, 0.05) is 6.08 Å². The van der Waals surface area contributed by atoms with Crippen molar-refractivity contribution in [3.63, 3.8) is 0 Å². The summed E-state index contributed by atoms with van der Waals surface area (Å²) in [5, 5.41) is 16.5. The molecule has 0 aliphatic carbocycles. The number of nitrogens with two attached hydrogens (primary N) is 1. The van der Waals surface area contributed by atoms with E-state index < -0.39 is 11.9 Å². The minimum atomic E-state index is -1.47. The van der Waals surface area contributed by atoms with Crippen LogP contribution in [0.15, 0.2) is 42.5 Å². The van der Waals surface area contributed by atoms with Gasteiger partial charge in [-0.25, -0.2) is 0 Å². The molecule has 0 aliphatic rings. The van der Waals surface area contributed by atoms with Crippen LogP contribution in [0, 0.1) is 0 Å². The molecule has 1 aromatic carbocycles. The Kier molecular flexibility index (Phi) is 3.75. The van der Waals surface area contributed by atoms with Gasteiger partial charge in [-0.2, -0.15) is 9.67 Å². The molecule has 0 saturated carbocycles. The maximum atomic E-state index is 11.4. The monoisotopic (exact) mass is 272 g/mol. The van der Waals surface area contributed by atoms with Crippen LogP contribution in [-0.4, -0.2) is 26.6 Å². The number of aromatic nitrogens is 3. The van der Waals surface area contributed by atoms with E-state index in [1.54, 1.807) is 24.3 Å². The van der Waals surface area contributed by atoms with Crippen LogP contribution in [0.2, 0.25) is 0 Å². The van der Waals surface area contributed by atoms with Crippen LogP contribution >= 0.6 is 0 Å². The molecular weight excluding hydrogens is 262 g/mol. The molecule has 0 saturated heterocycles. The van der Waals surface area contributed by atoms with Gasteiger partial charge in [-0.15, -0.1) is 5.10 Å². The molecule has 0 unspecified atom stereocenters. The molecule has 20 heavy (non-hydrogen) atoms. The number of hydrogen-bond acceptors (Lipinski definition) is 6. The van der Waals surface area contributed by atoms with E-state index in [4.69, 9.17) is 5.73 Å². The average molecular weight is 272 g/mol. The standard InChI is InChI=1S/C12H11N5O3/c13-11-15-12(14-9(18)6-7-10(19)20)16-17(11)8-4-2-1-3-5-8/h1-7H,(H,19,20)(H3,13,14,15,16,18)/p-1/b7-6-. The Bertz CT molecular complexity index is 663. The number of anilines is 2. The summed E-state index contributed by atoms with van der Waals surface area (Å²) in [4.78, 5) is 25.4. The van der Waals surface area contributed by atoms with Crippen LogP contribution in [0.5, 0.6) is 0 Å². The van der Waals surface area contributed by atoms with Gasteiger partial charge in [-0.1, -0.05) is 18.2 Å². The Morgan fingerprint density at radius 3 is 2.60 bits per heavy atom. The number of nitrogens with one attached hydrogen (secondary N) is 1. The van der Waals surface area contributed by atoms with Crippen LogP contribution in [0.3, 0.4) is 0 Å². The fourth-order valence-electron chi connectivity index (χ4n) is 1.43. The number of para-hydroxylation sites is 1. The SMILES string of the molecule is Nc1nc(NC(=O)/C=C\C(=O)[O-])nn1-c1ccccc1. The van der Waals surface area contributed by atoms with Gasteiger partial charge in [0.2, 0.25) is 5.95 Å². The largest absolute Gasteiger partial charge is 0.545 e. The van der Waals surface area contributed by atoms with Crippen molar-refractivity contribution < 1.29 is 14.7 Å². The Morgan fingerprint density at radius 1 is 1.25 bits per heavy atom. The van der Waals surface area contributed by atoms with Gasteiger partial charge in [-0.05, 0) is 18.2 Å². The lowest BCUT2D eigenvalue weighted by Crippen LogP contribution is -2.20. The third-order valence-corrected chi connectivity index (χ3v) is 2.24. The van der Waals surface area contributed by atoms with Crippen LogP contribution in [0.25, 0.3) is 5.69 Å². The van der Waals surface area contributed by atoms with E-state index in [0.717, 1.165) is 6.08 Å². The normalized spacial score (nSPS) is 10.6. The zero-order valence-electron chi connectivity index (χ0n) is 10.2. The molecule has 0 atom stereocenters. The molecule has 1 heterocycles. The number of nitrogen functional groups attached to an aromatic ring is 1. The fraction of sp³-hybridized carbons (Fsp3) is 0. The van der Waals surface area contributed by atoms with Crippen LogP contribution in [-0.2, 0) is 9.59 Å². The van der Waals surface area contributed by atoms with E-state index in [0.29, 0.717) is 11.8 Å². The van der Waals surface area contributed by atoms with Gasteiger partial charge in [0.1, 0.15) is 0 Å². The lowest BCUT2D eigenvalue weighted by molar-refractivity contribution is -0.297. The van der Waals surface area contributed by atoms with Crippen molar-refractivity contribution in [1.29, 1.82) is 0 Å². The Morgan fingerprint density at radius 2 is 1.95 bits per heavy atom. The highest BCUT2D eigenvalue weighted by atomic mass is 16.4. The van der Waals surface area contributed by atoms with Gasteiger partial charge in [0.15, 0.2) is 0 Å². The van der Waals surface area contributed by atoms with E-state index in [1.165, 1.54) is 4.68 Å². The summed E-state index contributed by atoms with van der Waals surface area (Å²) < 4.78 is 1.35. The molecule has 8 heteroatoms. The van der Waals surface area contributed by atoms with Gasteiger partial charge in [0.25, 0.3) is 11.9 Å². The predicted molar refractivity (Wildman–Crippen MR) is 68.5 cm³/mol. The van der Waals surface area contributed by atoms with Crippen LogP contribution in [0.1, 0.15) is 0 Å². The highest BCUT2D eigenvalue weighted by molar-refractivity contribution is 6.01. The molecule has 0 aliphatic heterocycles. The van der Waals surface area contributed by atoms with E-state index in [-0.39, 0.29) is 11.9 Å². The zero-order valence-corrected chi connectivity index (χ0v) is 10.2. The molecule has 0 spiro atoms. The van der Waals surface area contributed by atoms with Crippen molar-refractivity contribution in [2.75, 3.05) is 11.1 Å². The smallest absolute Gasteiger partial charge is 0.251 e. The lowest BCUT2D eigenvalue weighted by Gasteiger charge is -2.00. The first kappa shape index (κ1) is 13.3. The fourth-order valence-corrected chi connectivity index (χ4v) is 1.43. The summed E-state index contributed by atoms with van der Waals surface area (Å²) in [5.41, 5.74) is 6.37. The van der Waals surface area contributed by atoms with Crippen LogP contribution < -0.4 is 16.2 Å². The Hall–Kier alpha value is -3.16. The van der Waals surface area contributed by atoms with E-state index >= 15 is 0 Å². The number of amides is 1. The summed E-state index contributed by atoms with van der Waals surface area (Å²) in [6.45, 7) is 0. The van der Waals surface area contributed by atoms with Gasteiger partial charge in [-0.3, -0.25) is 10.1 Å². The highest BCUT2D eigenvalue weighted by Gasteiger charge is 2.09. The second-order valence-corrected chi connectivity index (χ2v) is 3.68. The summed E-state index contributed by atoms with van der Waals surface area (Å²) in [7, 11) is 0. The highest BCUT2D eigenvalue weighted by Crippen LogP contribution is 2.12. The topological polar surface area (TPSA) is 126 Å². The molecule has 0 bridgehead atoms. The Labute approximate surface area is 113 Å². The number of rotatable bonds is 4. The first-order valence-electron chi connectivity index (χ1n) is 5.54. The first-order valence-corrected chi connectivity index (χ1v) is 5.54. The van der Waals surface area contributed by atoms with Gasteiger partial charge < -0.3 is 15.6 Å². The maximum absolute atomic E-state index is 11.4. The maximum Gasteiger partial charge on any atom is 0.251 e. The number of hydrogen-bond donors (Lipinski definition) is 2. The quantitative estimate of drug-likeness (QED) is 0.694. The average Bonchev–Trinajstić information content (AvgIpc) is 2.78. The van der Waals surface area contributed by atoms with E-state index in [9.17, 15) is 14.7 Å². The number of aliphatic carboxylic acids is 1. The van der Waals surface area contributed by atoms with Crippen molar-refractivity contribution in [1.82, 2.24) is 14.8 Å². The molecular formula is C12H10N5O3-. The van der Waals surface area contributed by atoms with E-state index in [2.05, 4.69) is 15.4 Å².